The lowest BCUT2D eigenvalue weighted by Crippen LogP contribution is -2.08. The topological polar surface area (TPSA) is 435 Å². The third-order valence-electron chi connectivity index (χ3n) is 23.4. The first-order chi connectivity index (χ1) is 72.6. The number of Topliss-reactive ketones (excluding diaryl/α,β-unsaturated/α-hetero) is 6. The number of carbonyl (C=O) groups is 6. The van der Waals surface area contributed by atoms with Gasteiger partial charge in [0.25, 0.3) is 0 Å². The van der Waals surface area contributed by atoms with Gasteiger partial charge in [-0.3, -0.25) is 53.1 Å². The lowest BCUT2D eigenvalue weighted by Gasteiger charge is -2.10. The van der Waals surface area contributed by atoms with E-state index in [2.05, 4.69) is 122 Å². The lowest BCUT2D eigenvalue weighted by molar-refractivity contribution is 0.0985. The molecule has 0 aliphatic carbocycles. The smallest absolute Gasteiger partial charge is 0.173 e. The Labute approximate surface area is 876 Å². The van der Waals surface area contributed by atoms with Crippen LogP contribution in [-0.2, 0) is 59.0 Å². The molecule has 0 fully saturated rings. The Balaban J connectivity index is 0.000000113. The number of benzene rings is 1. The van der Waals surface area contributed by atoms with Gasteiger partial charge in [-0.05, 0) is 151 Å². The van der Waals surface area contributed by atoms with E-state index in [1.165, 1.54) is 140 Å². The minimum absolute atomic E-state index is 0.0128. The zero-order valence-corrected chi connectivity index (χ0v) is 87.0. The van der Waals surface area contributed by atoms with Crippen LogP contribution >= 0.6 is 68.0 Å². The van der Waals surface area contributed by atoms with E-state index in [1.807, 2.05) is 174 Å². The largest absolute Gasteiger partial charge is 0.294 e. The van der Waals surface area contributed by atoms with Crippen LogP contribution in [-0.4, -0.2) is 187 Å². The van der Waals surface area contributed by atoms with Crippen molar-refractivity contribution in [3.05, 3.63) is 368 Å². The van der Waals surface area contributed by atoms with Crippen LogP contribution in [0.2, 0.25) is 0 Å². The molecule has 23 heterocycles. The normalized spacial score (nSPS) is 11.2. The molecular weight excluding hydrogens is 2020 g/mol. The summed E-state index contributed by atoms with van der Waals surface area (Å²) in [5, 5.41) is 49.8. The van der Waals surface area contributed by atoms with Gasteiger partial charge in [0, 0.05) is 216 Å². The summed E-state index contributed by atoms with van der Waals surface area (Å²) in [5.41, 5.74) is 24.6. The number of aryl methyl sites for hydroxylation is 11. The van der Waals surface area contributed by atoms with Crippen molar-refractivity contribution < 1.29 is 37.5 Å². The van der Waals surface area contributed by atoms with Gasteiger partial charge in [-0.15, -0.1) is 68.0 Å². The Morgan fingerprint density at radius 1 is 0.300 bits per heavy atom. The Kier molecular flexibility index (Phi) is 30.2. The number of fused-ring (bicyclic) bond motifs is 6. The van der Waals surface area contributed by atoms with E-state index >= 15 is 0 Å². The standard InChI is InChI=1S/C19H17N5OS.C18H14FN5OS.C18H13FN4OS.C18H15N5OS.2C16H14N6OS/c1-3-13-4-5-20-8-16(13)14-6-15(19-21-11-22-24(19)9-14)17(25)7-18-23-12(2)10-26-18;1-10-8-26-17(23-10)5-16(25)15-3-12(7-24-18(15)21-9-22-24)14-4-13(19)6-20-11(14)2;1-11-9-25-17(22-11)7-16(24)15-6-13(8-23-18(15)20-10-21-23)12-3-2-4-14(19)5-12;1-11-3-13(7-19-6-11)14-4-15(18-20-10-21-23(18)8-14)16(24)5-17-22-12(2)9-25-17;1-10-8-24-15(20-10)4-14(23)13-3-11(12-5-18-21(2)6-12)7-22-16(13)17-9-19-22;1-10-8-24-15(20-10)6-14(23)12-5-11(13-3-4-18-21(13)2)7-22-16(12)17-9-19-22/h4-6,8-11H,3,7H2,1-2H3;3-4,6-9H,5H2,1-2H3;2-6,8-10H,7H2,1H3;3-4,6-10H,5H2,1-2H3;3,5-9H,4H2,1-2H3;3-5,7-9H,6H2,1-2H3. The van der Waals surface area contributed by atoms with Gasteiger partial charge >= 0.3 is 0 Å². The molecule has 24 rings (SSSR count). The van der Waals surface area contributed by atoms with Crippen molar-refractivity contribution in [3.63, 3.8) is 0 Å². The molecule has 0 radical (unpaired) electrons. The maximum Gasteiger partial charge on any atom is 0.173 e. The van der Waals surface area contributed by atoms with Crippen LogP contribution in [0.25, 0.3) is 101 Å². The zero-order chi connectivity index (χ0) is 104. The highest BCUT2D eigenvalue weighted by atomic mass is 32.1. The van der Waals surface area contributed by atoms with E-state index in [-0.39, 0.29) is 79.0 Å². The first kappa shape index (κ1) is 101. The maximum atomic E-state index is 13.7. The summed E-state index contributed by atoms with van der Waals surface area (Å²) >= 11 is 8.90. The fraction of sp³-hybridized carbons (Fsp3) is 0.171. The number of rotatable bonds is 25. The van der Waals surface area contributed by atoms with Crippen LogP contribution in [0.3, 0.4) is 0 Å². The van der Waals surface area contributed by atoms with Gasteiger partial charge in [-0.2, -0.15) is 40.8 Å². The van der Waals surface area contributed by atoms with E-state index in [0.717, 1.165) is 121 Å². The molecule has 1 aromatic carbocycles. The number of pyridine rings is 9. The van der Waals surface area contributed by atoms with Gasteiger partial charge in [0.15, 0.2) is 68.6 Å². The molecule has 23 aromatic heterocycles. The van der Waals surface area contributed by atoms with Crippen molar-refractivity contribution in [1.29, 1.82) is 0 Å². The summed E-state index contributed by atoms with van der Waals surface area (Å²) in [6.45, 7) is 17.4. The van der Waals surface area contributed by atoms with Crippen LogP contribution in [0.1, 0.15) is 150 Å². The second kappa shape index (κ2) is 44.8. The summed E-state index contributed by atoms with van der Waals surface area (Å²) in [4.78, 5) is 141. The third kappa shape index (κ3) is 23.4. The third-order valence-corrected chi connectivity index (χ3v) is 29.2. The van der Waals surface area contributed by atoms with Crippen molar-refractivity contribution >= 4 is 137 Å². The molecule has 0 aliphatic rings. The quantitative estimate of drug-likeness (QED) is 0.0480. The molecule has 0 N–H and O–H groups in total. The monoisotopic (exact) mass is 2110 g/mol. The molecule has 0 atom stereocenters. The minimum atomic E-state index is -0.435. The molecule has 0 bridgehead atoms. The fourth-order valence-corrected chi connectivity index (χ4v) is 21.0. The second-order valence-electron chi connectivity index (χ2n) is 34.6. The Morgan fingerprint density at radius 2 is 0.653 bits per heavy atom. The van der Waals surface area contributed by atoms with Crippen LogP contribution < -0.4 is 0 Å². The van der Waals surface area contributed by atoms with E-state index < -0.39 is 5.82 Å². The molecule has 0 saturated heterocycles. The molecule has 0 amide bonds. The number of hydrogen-bond acceptors (Lipinski definition) is 35. The molecule has 37 nitrogen and oxygen atoms in total. The van der Waals surface area contributed by atoms with E-state index in [0.29, 0.717) is 95.2 Å². The summed E-state index contributed by atoms with van der Waals surface area (Å²) in [6, 6.07) is 24.5. The molecular formula is C105H87F2N31O6S6. The number of halogens is 2. The molecule has 0 aliphatic heterocycles. The summed E-state index contributed by atoms with van der Waals surface area (Å²) < 4.78 is 40.3. The number of aromatic nitrogens is 31. The molecule has 0 saturated carbocycles. The van der Waals surface area contributed by atoms with E-state index in [1.54, 1.807) is 107 Å². The molecule has 150 heavy (non-hydrogen) atoms. The van der Waals surface area contributed by atoms with Gasteiger partial charge < -0.3 is 0 Å². The summed E-state index contributed by atoms with van der Waals surface area (Å²) in [6.07, 6.45) is 35.6. The van der Waals surface area contributed by atoms with Crippen molar-refractivity contribution in [2.45, 2.75) is 107 Å². The second-order valence-corrected chi connectivity index (χ2v) is 40.3. The Hall–Kier alpha value is -17.5. The number of hydrogen-bond donors (Lipinski definition) is 0. The highest BCUT2D eigenvalue weighted by molar-refractivity contribution is 7.11. The number of ketones is 6. The first-order valence-electron chi connectivity index (χ1n) is 46.4. The summed E-state index contributed by atoms with van der Waals surface area (Å²) in [7, 11) is 3.72. The van der Waals surface area contributed by atoms with Gasteiger partial charge in [-0.25, -0.2) is 95.7 Å². The molecule has 24 aromatic rings. The van der Waals surface area contributed by atoms with Crippen LogP contribution in [0, 0.1) is 67.0 Å². The predicted octanol–water partition coefficient (Wildman–Crippen LogP) is 18.6. The number of carbonyl (C=O) groups excluding carboxylic acids is 6. The zero-order valence-electron chi connectivity index (χ0n) is 82.1. The van der Waals surface area contributed by atoms with E-state index in [9.17, 15) is 37.5 Å². The minimum Gasteiger partial charge on any atom is -0.294 e. The van der Waals surface area contributed by atoms with Crippen molar-refractivity contribution in [3.8, 4) is 66.9 Å². The van der Waals surface area contributed by atoms with Crippen LogP contribution in [0.5, 0.6) is 0 Å². The molecule has 0 spiro atoms. The average Bonchev–Trinajstić information content (AvgIpc) is 1.63. The van der Waals surface area contributed by atoms with Gasteiger partial charge in [0.05, 0.1) is 90.0 Å². The highest BCUT2D eigenvalue weighted by Gasteiger charge is 2.27. The van der Waals surface area contributed by atoms with Crippen molar-refractivity contribution in [2.24, 2.45) is 14.1 Å². The highest BCUT2D eigenvalue weighted by Crippen LogP contribution is 2.34. The predicted molar refractivity (Wildman–Crippen MR) is 566 cm³/mol. The maximum absolute atomic E-state index is 13.7. The molecule has 0 unspecified atom stereocenters. The lowest BCUT2D eigenvalue weighted by atomic mass is 9.99. The van der Waals surface area contributed by atoms with Gasteiger partial charge in [-0.1, -0.05) is 19.1 Å². The first-order valence-corrected chi connectivity index (χ1v) is 51.7. The van der Waals surface area contributed by atoms with E-state index in [4.69, 9.17) is 0 Å². The van der Waals surface area contributed by atoms with Crippen molar-refractivity contribution in [1.82, 2.24) is 152 Å². The Morgan fingerprint density at radius 3 is 0.993 bits per heavy atom. The average molecular weight is 2110 g/mol. The van der Waals surface area contributed by atoms with Crippen molar-refractivity contribution in [2.75, 3.05) is 0 Å². The van der Waals surface area contributed by atoms with Gasteiger partial charge in [0.1, 0.15) is 79.6 Å². The van der Waals surface area contributed by atoms with Crippen LogP contribution in [0.15, 0.2) is 242 Å². The van der Waals surface area contributed by atoms with Gasteiger partial charge in [0.2, 0.25) is 0 Å². The van der Waals surface area contributed by atoms with Crippen LogP contribution in [0.4, 0.5) is 8.78 Å². The number of thiazole rings is 6. The Bertz CT molecular complexity index is 9010. The summed E-state index contributed by atoms with van der Waals surface area (Å²) in [5.74, 6) is -1.04. The fourth-order valence-electron chi connectivity index (χ4n) is 16.4. The number of nitrogens with zero attached hydrogens (tertiary/aromatic N) is 31. The molecule has 45 heteroatoms. The SMILES string of the molecule is CCc1ccncc1-c1cc(C(=O)Cc2nc(C)cs2)c2ncnn2c1.Cc1cncc(-c2cc(C(=O)Cc3nc(C)cs3)c3ncnn3c2)c1.Cc1csc(CC(=O)c2cc(-c3cc(F)cnc3C)cn3ncnc23)n1.Cc1csc(CC(=O)c2cc(-c3cccc(F)c3)cn3ncnc23)n1.Cc1csc(CC(=O)c2cc(-c3ccnn3C)cn3ncnc23)n1.Cc1csc(CC(=O)c2cc(-c3cnn(C)c3)cn3ncnc23)n1. The molecule has 748 valence electrons.